The summed E-state index contributed by atoms with van der Waals surface area (Å²) in [5.74, 6) is -0.0468. The summed E-state index contributed by atoms with van der Waals surface area (Å²) in [7, 11) is 1.71. The first-order valence-corrected chi connectivity index (χ1v) is 6.60. The zero-order chi connectivity index (χ0) is 11.6. The van der Waals surface area contributed by atoms with Gasteiger partial charge in [0, 0.05) is 12.4 Å². The molecule has 1 atom stereocenters. The summed E-state index contributed by atoms with van der Waals surface area (Å²) in [5.41, 5.74) is 6.19. The van der Waals surface area contributed by atoms with Crippen molar-refractivity contribution in [2.75, 3.05) is 7.05 Å². The molecule has 1 heterocycles. The Balaban J connectivity index is 2.81. The first kappa shape index (κ1) is 12.9. The van der Waals surface area contributed by atoms with Crippen molar-refractivity contribution < 1.29 is 4.79 Å². The van der Waals surface area contributed by atoms with Crippen LogP contribution in [0.15, 0.2) is 11.4 Å². The highest BCUT2D eigenvalue weighted by atomic mass is 127. The maximum atomic E-state index is 11.9. The van der Waals surface area contributed by atoms with Crippen molar-refractivity contribution in [2.45, 2.75) is 13.0 Å². The third-order valence-corrected chi connectivity index (χ3v) is 4.26. The monoisotopic (exact) mass is 354 g/mol. The lowest BCUT2D eigenvalue weighted by molar-refractivity contribution is 0.0779. The summed E-state index contributed by atoms with van der Waals surface area (Å²) in [6, 6.07) is 1.64. The lowest BCUT2D eigenvalue weighted by Crippen LogP contribution is -2.42. The van der Waals surface area contributed by atoms with Crippen LogP contribution in [0, 0.1) is 2.88 Å². The molecule has 0 bridgehead atoms. The average molecular weight is 354 g/mol. The number of amides is 1. The second-order valence-corrected chi connectivity index (χ2v) is 6.41. The van der Waals surface area contributed by atoms with Gasteiger partial charge in [0.15, 0.2) is 0 Å². The molecule has 3 nitrogen and oxygen atoms in total. The number of hydrogen-bond donors (Lipinski definition) is 1. The Labute approximate surface area is 112 Å². The second kappa shape index (κ2) is 5.22. The Hall–Kier alpha value is -0.210. The number of likely N-dealkylation sites (N-methyl/N-ethyl adjacent to an activating group) is 1. The topological polar surface area (TPSA) is 46.3 Å². The van der Waals surface area contributed by atoms with Crippen molar-refractivity contribution in [1.82, 2.24) is 4.90 Å². The molecule has 0 saturated carbocycles. The van der Waals surface area contributed by atoms with Gasteiger partial charge in [-0.3, -0.25) is 4.79 Å². The fourth-order valence-electron chi connectivity index (χ4n) is 0.993. The van der Waals surface area contributed by atoms with E-state index in [4.69, 9.17) is 18.0 Å². The Bertz CT molecular complexity index is 391. The summed E-state index contributed by atoms with van der Waals surface area (Å²) >= 11 is 8.58. The highest BCUT2D eigenvalue weighted by molar-refractivity contribution is 14.1. The fourth-order valence-corrected chi connectivity index (χ4v) is 2.47. The van der Waals surface area contributed by atoms with Gasteiger partial charge >= 0.3 is 0 Å². The number of carbonyl (C=O) groups excluding carboxylic acids is 1. The van der Waals surface area contributed by atoms with Crippen molar-refractivity contribution in [3.63, 3.8) is 0 Å². The molecule has 0 radical (unpaired) electrons. The number of hydrogen-bond acceptors (Lipinski definition) is 3. The van der Waals surface area contributed by atoms with E-state index in [9.17, 15) is 4.79 Å². The predicted octanol–water partition coefficient (Wildman–Crippen LogP) is 2.10. The summed E-state index contributed by atoms with van der Waals surface area (Å²) in [5, 5.41) is 1.84. The number of carbonyl (C=O) groups is 1. The Kier molecular flexibility index (Phi) is 4.47. The Morgan fingerprint density at radius 2 is 2.33 bits per heavy atom. The van der Waals surface area contributed by atoms with Crippen LogP contribution in [0.25, 0.3) is 0 Å². The van der Waals surface area contributed by atoms with E-state index in [2.05, 4.69) is 22.6 Å². The number of nitrogens with two attached hydrogens (primary N) is 1. The van der Waals surface area contributed by atoms with Crippen LogP contribution in [0.1, 0.15) is 17.3 Å². The van der Waals surface area contributed by atoms with Gasteiger partial charge in [0.1, 0.15) is 0 Å². The molecule has 0 fully saturated rings. The molecule has 15 heavy (non-hydrogen) atoms. The van der Waals surface area contributed by atoms with E-state index in [-0.39, 0.29) is 11.9 Å². The van der Waals surface area contributed by atoms with E-state index in [1.165, 1.54) is 0 Å². The van der Waals surface area contributed by atoms with Crippen LogP contribution in [-0.4, -0.2) is 28.9 Å². The first-order chi connectivity index (χ1) is 6.93. The molecule has 1 aromatic heterocycles. The van der Waals surface area contributed by atoms with E-state index in [0.29, 0.717) is 10.6 Å². The number of nitrogens with zero attached hydrogens (tertiary/aromatic N) is 1. The largest absolute Gasteiger partial charge is 0.392 e. The van der Waals surface area contributed by atoms with Crippen molar-refractivity contribution in [3.05, 3.63) is 19.9 Å². The average Bonchev–Trinajstić information content (AvgIpc) is 2.61. The van der Waals surface area contributed by atoms with Crippen LogP contribution in [-0.2, 0) is 0 Å². The second-order valence-electron chi connectivity index (χ2n) is 3.13. The minimum absolute atomic E-state index is 0.0468. The van der Waals surface area contributed by atoms with Gasteiger partial charge in [0.25, 0.3) is 5.91 Å². The molecule has 2 N–H and O–H groups in total. The molecule has 0 aliphatic rings. The highest BCUT2D eigenvalue weighted by Gasteiger charge is 2.19. The number of thiocarbonyl (C=S) groups is 1. The minimum atomic E-state index is -0.218. The molecule has 1 amide bonds. The fraction of sp³-hybridized carbons (Fsp3) is 0.333. The first-order valence-electron chi connectivity index (χ1n) is 4.24. The van der Waals surface area contributed by atoms with Gasteiger partial charge in [-0.25, -0.2) is 0 Å². The predicted molar refractivity (Wildman–Crippen MR) is 75.4 cm³/mol. The highest BCUT2D eigenvalue weighted by Crippen LogP contribution is 2.18. The van der Waals surface area contributed by atoms with Crippen LogP contribution in [0.5, 0.6) is 0 Å². The number of thiophene rings is 1. The number of halogens is 1. The third-order valence-electron chi connectivity index (χ3n) is 2.13. The van der Waals surface area contributed by atoms with Gasteiger partial charge < -0.3 is 10.6 Å². The molecule has 82 valence electrons. The van der Waals surface area contributed by atoms with Crippen LogP contribution in [0.3, 0.4) is 0 Å². The van der Waals surface area contributed by atoms with Gasteiger partial charge in [-0.05, 0) is 35.6 Å². The van der Waals surface area contributed by atoms with E-state index >= 15 is 0 Å². The summed E-state index contributed by atoms with van der Waals surface area (Å²) in [6.07, 6.45) is 0. The molecule has 1 aromatic rings. The quantitative estimate of drug-likeness (QED) is 0.668. The molecule has 0 aliphatic carbocycles. The maximum absolute atomic E-state index is 11.9. The van der Waals surface area contributed by atoms with Crippen molar-refractivity contribution in [3.8, 4) is 0 Å². The van der Waals surface area contributed by atoms with Gasteiger partial charge in [-0.1, -0.05) is 12.2 Å². The summed E-state index contributed by atoms with van der Waals surface area (Å²) < 4.78 is 1.09. The lowest BCUT2D eigenvalue weighted by Gasteiger charge is -2.23. The standard InChI is InChI=1S/C9H11IN2OS2/c1-5(8(11)14)12(2)9(13)6-3-7(10)15-4-6/h3-5H,1-2H3,(H2,11,14). The molecule has 0 spiro atoms. The maximum Gasteiger partial charge on any atom is 0.255 e. The lowest BCUT2D eigenvalue weighted by atomic mass is 10.2. The Morgan fingerprint density at radius 3 is 2.73 bits per heavy atom. The normalized spacial score (nSPS) is 12.2. The zero-order valence-corrected chi connectivity index (χ0v) is 12.1. The molecule has 1 unspecified atom stereocenters. The molecule has 0 aliphatic heterocycles. The van der Waals surface area contributed by atoms with Crippen molar-refractivity contribution >= 4 is 57.0 Å². The molecule has 0 aromatic carbocycles. The Morgan fingerprint density at radius 1 is 1.73 bits per heavy atom. The van der Waals surface area contributed by atoms with Gasteiger partial charge in [0.05, 0.1) is 19.5 Å². The van der Waals surface area contributed by atoms with Crippen molar-refractivity contribution in [1.29, 1.82) is 0 Å². The molecular formula is C9H11IN2OS2. The van der Waals surface area contributed by atoms with E-state index in [0.717, 1.165) is 2.88 Å². The van der Waals surface area contributed by atoms with Gasteiger partial charge in [-0.15, -0.1) is 11.3 Å². The van der Waals surface area contributed by atoms with E-state index in [1.807, 2.05) is 18.4 Å². The molecule has 1 rings (SSSR count). The van der Waals surface area contributed by atoms with Crippen molar-refractivity contribution in [2.24, 2.45) is 5.73 Å². The van der Waals surface area contributed by atoms with Crippen LogP contribution in [0.2, 0.25) is 0 Å². The van der Waals surface area contributed by atoms with Crippen LogP contribution in [0.4, 0.5) is 0 Å². The summed E-state index contributed by atoms with van der Waals surface area (Å²) in [4.78, 5) is 13.8. The minimum Gasteiger partial charge on any atom is -0.392 e. The van der Waals surface area contributed by atoms with E-state index < -0.39 is 0 Å². The third kappa shape index (κ3) is 3.12. The van der Waals surface area contributed by atoms with Crippen LogP contribution < -0.4 is 5.73 Å². The summed E-state index contributed by atoms with van der Waals surface area (Å²) in [6.45, 7) is 1.82. The molecule has 6 heteroatoms. The van der Waals surface area contributed by atoms with Gasteiger partial charge in [-0.2, -0.15) is 0 Å². The van der Waals surface area contributed by atoms with E-state index in [1.54, 1.807) is 23.3 Å². The molecule has 0 saturated heterocycles. The smallest absolute Gasteiger partial charge is 0.255 e. The SMILES string of the molecule is CC(C(N)=S)N(C)C(=O)c1csc(I)c1. The van der Waals surface area contributed by atoms with Crippen LogP contribution >= 0.6 is 46.1 Å². The molecular weight excluding hydrogens is 343 g/mol. The van der Waals surface area contributed by atoms with Gasteiger partial charge in [0.2, 0.25) is 0 Å². The zero-order valence-electron chi connectivity index (χ0n) is 8.36. The number of rotatable bonds is 3.